The molecular formula is C13H21N3. The fraction of sp³-hybridized carbons (Fsp3) is 0.692. The van der Waals surface area contributed by atoms with E-state index in [4.69, 9.17) is 0 Å². The van der Waals surface area contributed by atoms with Gasteiger partial charge in [-0.2, -0.15) is 0 Å². The molecule has 0 saturated carbocycles. The van der Waals surface area contributed by atoms with E-state index in [1.807, 2.05) is 0 Å². The highest BCUT2D eigenvalue weighted by Crippen LogP contribution is 2.17. The van der Waals surface area contributed by atoms with Gasteiger partial charge in [-0.15, -0.1) is 0 Å². The molecule has 0 bridgehead atoms. The van der Waals surface area contributed by atoms with Crippen molar-refractivity contribution in [3.63, 3.8) is 0 Å². The quantitative estimate of drug-likeness (QED) is 0.846. The highest BCUT2D eigenvalue weighted by Gasteiger charge is 2.14. The summed E-state index contributed by atoms with van der Waals surface area (Å²) in [7, 11) is 0. The van der Waals surface area contributed by atoms with E-state index in [9.17, 15) is 0 Å². The molecule has 1 unspecified atom stereocenters. The Labute approximate surface area is 97.7 Å². The Balaban J connectivity index is 2.00. The van der Waals surface area contributed by atoms with Crippen molar-refractivity contribution in [3.05, 3.63) is 23.8 Å². The summed E-state index contributed by atoms with van der Waals surface area (Å²) < 4.78 is 0. The maximum atomic E-state index is 4.38. The first-order chi connectivity index (χ1) is 7.75. The van der Waals surface area contributed by atoms with Gasteiger partial charge in [0.2, 0.25) is 0 Å². The van der Waals surface area contributed by atoms with Crippen molar-refractivity contribution in [3.8, 4) is 0 Å². The van der Waals surface area contributed by atoms with Gasteiger partial charge in [0.15, 0.2) is 0 Å². The summed E-state index contributed by atoms with van der Waals surface area (Å²) >= 11 is 0. The van der Waals surface area contributed by atoms with Crippen LogP contribution in [0.3, 0.4) is 0 Å². The van der Waals surface area contributed by atoms with E-state index in [1.165, 1.54) is 25.1 Å². The Bertz CT molecular complexity index is 330. The normalized spacial score (nSPS) is 21.3. The largest absolute Gasteiger partial charge is 0.316 e. The third-order valence-corrected chi connectivity index (χ3v) is 3.23. The first kappa shape index (κ1) is 11.5. The topological polar surface area (TPSA) is 37.8 Å². The number of nitrogens with zero attached hydrogens (tertiary/aromatic N) is 2. The molecular weight excluding hydrogens is 198 g/mol. The molecule has 1 fully saturated rings. The highest BCUT2D eigenvalue weighted by atomic mass is 14.9. The van der Waals surface area contributed by atoms with Crippen molar-refractivity contribution in [1.82, 2.24) is 15.3 Å². The van der Waals surface area contributed by atoms with Crippen LogP contribution in [0.25, 0.3) is 0 Å². The van der Waals surface area contributed by atoms with E-state index in [-0.39, 0.29) is 0 Å². The molecule has 1 aromatic rings. The van der Waals surface area contributed by atoms with Crippen LogP contribution in [0.5, 0.6) is 0 Å². The average Bonchev–Trinajstić information content (AvgIpc) is 2.30. The Morgan fingerprint density at radius 1 is 1.44 bits per heavy atom. The summed E-state index contributed by atoms with van der Waals surface area (Å²) in [5.41, 5.74) is 2.36. The first-order valence-electron chi connectivity index (χ1n) is 6.27. The molecule has 0 aliphatic carbocycles. The molecule has 1 atom stereocenters. The molecule has 1 aromatic heterocycles. The number of hydrogen-bond acceptors (Lipinski definition) is 3. The molecule has 0 radical (unpaired) electrons. The molecule has 16 heavy (non-hydrogen) atoms. The lowest BCUT2D eigenvalue weighted by molar-refractivity contribution is 0.373. The van der Waals surface area contributed by atoms with Crippen LogP contribution < -0.4 is 5.32 Å². The van der Waals surface area contributed by atoms with Crippen LogP contribution >= 0.6 is 0 Å². The smallest absolute Gasteiger partial charge is 0.115 e. The minimum Gasteiger partial charge on any atom is -0.316 e. The fourth-order valence-electron chi connectivity index (χ4n) is 2.24. The van der Waals surface area contributed by atoms with Gasteiger partial charge in [0.25, 0.3) is 0 Å². The average molecular weight is 219 g/mol. The number of hydrogen-bond donors (Lipinski definition) is 1. The molecule has 2 rings (SSSR count). The molecule has 1 aliphatic rings. The van der Waals surface area contributed by atoms with Crippen molar-refractivity contribution in [2.24, 2.45) is 5.92 Å². The summed E-state index contributed by atoms with van der Waals surface area (Å²) in [6.07, 6.45) is 5.43. The lowest BCUT2D eigenvalue weighted by Gasteiger charge is -2.22. The molecule has 0 spiro atoms. The second-order valence-electron chi connectivity index (χ2n) is 5.01. The van der Waals surface area contributed by atoms with Gasteiger partial charge >= 0.3 is 0 Å². The lowest BCUT2D eigenvalue weighted by atomic mass is 9.94. The molecule has 3 nitrogen and oxygen atoms in total. The SMILES string of the molecule is CC(C)c1cc(CC2CCCNC2)ncn1. The van der Waals surface area contributed by atoms with Crippen molar-refractivity contribution in [2.45, 2.75) is 39.0 Å². The molecule has 1 aliphatic heterocycles. The number of nitrogens with one attached hydrogen (secondary N) is 1. The molecule has 88 valence electrons. The Kier molecular flexibility index (Phi) is 3.88. The van der Waals surface area contributed by atoms with E-state index in [0.29, 0.717) is 5.92 Å². The van der Waals surface area contributed by atoms with Crippen molar-refractivity contribution in [1.29, 1.82) is 0 Å². The molecule has 1 N–H and O–H groups in total. The zero-order valence-electron chi connectivity index (χ0n) is 10.2. The second-order valence-corrected chi connectivity index (χ2v) is 5.01. The van der Waals surface area contributed by atoms with Crippen LogP contribution in [0.15, 0.2) is 12.4 Å². The van der Waals surface area contributed by atoms with Gasteiger partial charge in [-0.1, -0.05) is 13.8 Å². The molecule has 0 aromatic carbocycles. The summed E-state index contributed by atoms with van der Waals surface area (Å²) in [5, 5.41) is 3.45. The summed E-state index contributed by atoms with van der Waals surface area (Å²) in [6.45, 7) is 6.67. The van der Waals surface area contributed by atoms with Gasteiger partial charge < -0.3 is 5.32 Å². The molecule has 3 heteroatoms. The van der Waals surface area contributed by atoms with Gasteiger partial charge in [-0.25, -0.2) is 9.97 Å². The second kappa shape index (κ2) is 5.39. The first-order valence-corrected chi connectivity index (χ1v) is 6.27. The van der Waals surface area contributed by atoms with Crippen LogP contribution in [0, 0.1) is 5.92 Å². The maximum Gasteiger partial charge on any atom is 0.115 e. The van der Waals surface area contributed by atoms with E-state index >= 15 is 0 Å². The highest BCUT2D eigenvalue weighted by molar-refractivity contribution is 5.12. The zero-order chi connectivity index (χ0) is 11.4. The molecule has 0 amide bonds. The number of aromatic nitrogens is 2. The van der Waals surface area contributed by atoms with Gasteiger partial charge in [0, 0.05) is 11.4 Å². The standard InChI is InChI=1S/C13H21N3/c1-10(2)13-7-12(15-9-16-13)6-11-4-3-5-14-8-11/h7,9-11,14H,3-6,8H2,1-2H3. The maximum absolute atomic E-state index is 4.38. The lowest BCUT2D eigenvalue weighted by Crippen LogP contribution is -2.31. The number of piperidine rings is 1. The monoisotopic (exact) mass is 219 g/mol. The predicted octanol–water partition coefficient (Wildman–Crippen LogP) is 2.14. The third-order valence-electron chi connectivity index (χ3n) is 3.23. The van der Waals surface area contributed by atoms with Crippen LogP contribution in [0.2, 0.25) is 0 Å². The van der Waals surface area contributed by atoms with E-state index in [2.05, 4.69) is 35.2 Å². The van der Waals surface area contributed by atoms with Gasteiger partial charge in [0.05, 0.1) is 0 Å². The van der Waals surface area contributed by atoms with E-state index < -0.39 is 0 Å². The summed E-state index contributed by atoms with van der Waals surface area (Å²) in [6, 6.07) is 2.17. The van der Waals surface area contributed by atoms with Crippen LogP contribution in [0.4, 0.5) is 0 Å². The Morgan fingerprint density at radius 3 is 3.00 bits per heavy atom. The predicted molar refractivity (Wildman–Crippen MR) is 65.4 cm³/mol. The van der Waals surface area contributed by atoms with Gasteiger partial charge in [-0.3, -0.25) is 0 Å². The van der Waals surface area contributed by atoms with Crippen molar-refractivity contribution >= 4 is 0 Å². The van der Waals surface area contributed by atoms with Crippen molar-refractivity contribution < 1.29 is 0 Å². The van der Waals surface area contributed by atoms with Crippen molar-refractivity contribution in [2.75, 3.05) is 13.1 Å². The van der Waals surface area contributed by atoms with E-state index in [0.717, 1.165) is 24.6 Å². The molecule has 2 heterocycles. The number of rotatable bonds is 3. The summed E-state index contributed by atoms with van der Waals surface area (Å²) in [4.78, 5) is 8.68. The fourth-order valence-corrected chi connectivity index (χ4v) is 2.24. The minimum absolute atomic E-state index is 0.492. The van der Waals surface area contributed by atoms with Gasteiger partial charge in [0.1, 0.15) is 6.33 Å². The molecule has 1 saturated heterocycles. The Morgan fingerprint density at radius 2 is 2.31 bits per heavy atom. The minimum atomic E-state index is 0.492. The third kappa shape index (κ3) is 3.01. The zero-order valence-corrected chi connectivity index (χ0v) is 10.2. The summed E-state index contributed by atoms with van der Waals surface area (Å²) in [5.74, 6) is 1.25. The van der Waals surface area contributed by atoms with Crippen LogP contribution in [-0.2, 0) is 6.42 Å². The van der Waals surface area contributed by atoms with Crippen LogP contribution in [0.1, 0.15) is 44.0 Å². The van der Waals surface area contributed by atoms with Crippen LogP contribution in [-0.4, -0.2) is 23.1 Å². The Hall–Kier alpha value is -0.960. The van der Waals surface area contributed by atoms with E-state index in [1.54, 1.807) is 6.33 Å². The van der Waals surface area contributed by atoms with Gasteiger partial charge in [-0.05, 0) is 50.3 Å².